The topological polar surface area (TPSA) is 55.8 Å². The number of carbonyl (C=O) groups is 1. The first-order valence-corrected chi connectivity index (χ1v) is 3.58. The fraction of sp³-hybridized carbons (Fsp3) is 0.833. The van der Waals surface area contributed by atoms with Crippen LogP contribution in [0.15, 0.2) is 0 Å². The summed E-state index contributed by atoms with van der Waals surface area (Å²) in [6.45, 7) is 5.38. The Kier molecular flexibility index (Phi) is 4.90. The highest BCUT2D eigenvalue weighted by atomic mass is 16.7. The Hall–Kier alpha value is -0.545. The molecule has 0 aliphatic rings. The maximum absolute atomic E-state index is 10.8. The Bertz CT molecular complexity index is 126. The lowest BCUT2D eigenvalue weighted by Gasteiger charge is -2.08. The van der Waals surface area contributed by atoms with Crippen molar-refractivity contribution in [1.82, 2.24) is 0 Å². The third-order valence-electron chi connectivity index (χ3n) is 0.998. The van der Waals surface area contributed by atoms with E-state index in [4.69, 9.17) is 5.02 Å². The molecule has 0 aliphatic heterocycles. The van der Waals surface area contributed by atoms with Gasteiger partial charge in [0.2, 0.25) is 0 Å². The quantitative estimate of drug-likeness (QED) is 0.596. The van der Waals surface area contributed by atoms with Crippen molar-refractivity contribution in [1.29, 1.82) is 0 Å². The molecule has 0 unspecified atom stereocenters. The molecule has 0 rings (SSSR count). The summed E-state index contributed by atoms with van der Waals surface area (Å²) in [4.78, 5) is 10.8. The molecule has 0 spiro atoms. The van der Waals surface area contributed by atoms with Crippen LogP contribution in [0.2, 0.25) is 0 Å². The average Bonchev–Trinajstić information content (AvgIpc) is 1.87. The second-order valence-corrected chi connectivity index (χ2v) is 2.35. The van der Waals surface area contributed by atoms with Gasteiger partial charge >= 0.3 is 7.32 Å². The summed E-state index contributed by atoms with van der Waals surface area (Å²) in [6.07, 6.45) is 0. The zero-order valence-electron chi connectivity index (χ0n) is 7.03. The van der Waals surface area contributed by atoms with Gasteiger partial charge in [0.25, 0.3) is 5.97 Å². The van der Waals surface area contributed by atoms with Crippen LogP contribution in [0.3, 0.4) is 0 Å². The summed E-state index contributed by atoms with van der Waals surface area (Å²) in [5.41, 5.74) is 0. The fourth-order valence-electron chi connectivity index (χ4n) is 0.412. The molecule has 5 heteroatoms. The molecule has 0 amide bonds. The smallest absolute Gasteiger partial charge is 0.485 e. The standard InChI is InChI=1S/C6H13BO4/c1-4-10-7(9)11-6(8)5(2)3/h5,9H,4H2,1-3H3. The molecule has 0 bridgehead atoms. The molecule has 64 valence electrons. The number of hydrogen-bond acceptors (Lipinski definition) is 4. The van der Waals surface area contributed by atoms with E-state index in [1.54, 1.807) is 20.8 Å². The van der Waals surface area contributed by atoms with Gasteiger partial charge < -0.3 is 14.3 Å². The van der Waals surface area contributed by atoms with E-state index in [1.807, 2.05) is 0 Å². The van der Waals surface area contributed by atoms with Crippen molar-refractivity contribution in [3.63, 3.8) is 0 Å². The Morgan fingerprint density at radius 1 is 1.64 bits per heavy atom. The van der Waals surface area contributed by atoms with Crippen molar-refractivity contribution in [2.24, 2.45) is 5.92 Å². The molecule has 1 N–H and O–H groups in total. The monoisotopic (exact) mass is 160 g/mol. The van der Waals surface area contributed by atoms with Gasteiger partial charge in [-0.05, 0) is 6.92 Å². The van der Waals surface area contributed by atoms with E-state index in [0.717, 1.165) is 0 Å². The number of carbonyl (C=O) groups excluding carboxylic acids is 1. The van der Waals surface area contributed by atoms with Crippen LogP contribution in [0.1, 0.15) is 20.8 Å². The zero-order chi connectivity index (χ0) is 8.85. The van der Waals surface area contributed by atoms with Crippen LogP contribution in [0, 0.1) is 5.92 Å². The molecule has 0 saturated carbocycles. The lowest BCUT2D eigenvalue weighted by molar-refractivity contribution is -0.140. The van der Waals surface area contributed by atoms with Crippen LogP contribution in [0.25, 0.3) is 0 Å². The largest absolute Gasteiger partial charge is 0.712 e. The summed E-state index contributed by atoms with van der Waals surface area (Å²) < 4.78 is 9.02. The molecule has 0 saturated heterocycles. The molecule has 11 heavy (non-hydrogen) atoms. The molecular weight excluding hydrogens is 147 g/mol. The highest BCUT2D eigenvalue weighted by Crippen LogP contribution is 1.97. The molecule has 0 aliphatic carbocycles. The number of rotatable bonds is 4. The van der Waals surface area contributed by atoms with Gasteiger partial charge in [-0.3, -0.25) is 4.79 Å². The lowest BCUT2D eigenvalue weighted by atomic mass is 10.2. The molecule has 0 radical (unpaired) electrons. The van der Waals surface area contributed by atoms with Crippen molar-refractivity contribution in [3.05, 3.63) is 0 Å². The van der Waals surface area contributed by atoms with Crippen molar-refractivity contribution in [3.8, 4) is 0 Å². The minimum Gasteiger partial charge on any atom is -0.485 e. The number of hydrogen-bond donors (Lipinski definition) is 1. The predicted octanol–water partition coefficient (Wildman–Crippen LogP) is 0.199. The molecule has 4 nitrogen and oxygen atoms in total. The van der Waals surface area contributed by atoms with E-state index in [2.05, 4.69) is 9.31 Å². The third kappa shape index (κ3) is 4.81. The molecule has 0 atom stereocenters. The molecule has 0 aromatic rings. The Morgan fingerprint density at radius 3 is 2.55 bits per heavy atom. The van der Waals surface area contributed by atoms with Gasteiger partial charge in [-0.25, -0.2) is 0 Å². The first-order chi connectivity index (χ1) is 5.07. The van der Waals surface area contributed by atoms with E-state index in [-0.39, 0.29) is 5.92 Å². The van der Waals surface area contributed by atoms with E-state index in [0.29, 0.717) is 6.61 Å². The van der Waals surface area contributed by atoms with Gasteiger partial charge in [-0.1, -0.05) is 13.8 Å². The van der Waals surface area contributed by atoms with E-state index in [1.165, 1.54) is 0 Å². The van der Waals surface area contributed by atoms with Crippen LogP contribution in [0.4, 0.5) is 0 Å². The van der Waals surface area contributed by atoms with Gasteiger partial charge in [-0.2, -0.15) is 0 Å². The first-order valence-electron chi connectivity index (χ1n) is 3.58. The van der Waals surface area contributed by atoms with Crippen molar-refractivity contribution < 1.29 is 19.1 Å². The van der Waals surface area contributed by atoms with Crippen LogP contribution in [-0.2, 0) is 14.1 Å². The molecule has 0 aromatic carbocycles. The summed E-state index contributed by atoms with van der Waals surface area (Å²) in [5, 5.41) is 8.80. The highest BCUT2D eigenvalue weighted by molar-refractivity contribution is 6.37. The molecular formula is C6H13BO4. The fourth-order valence-corrected chi connectivity index (χ4v) is 0.412. The second kappa shape index (κ2) is 5.15. The minimum absolute atomic E-state index is 0.245. The van der Waals surface area contributed by atoms with Crippen LogP contribution < -0.4 is 0 Å². The SMILES string of the molecule is CCOB(O)OC(=O)C(C)C. The molecule has 0 fully saturated rings. The third-order valence-corrected chi connectivity index (χ3v) is 0.998. The average molecular weight is 160 g/mol. The first kappa shape index (κ1) is 10.5. The highest BCUT2D eigenvalue weighted by Gasteiger charge is 2.22. The summed E-state index contributed by atoms with van der Waals surface area (Å²) in [6, 6.07) is 0. The van der Waals surface area contributed by atoms with Gasteiger partial charge in [0.1, 0.15) is 0 Å². The Morgan fingerprint density at radius 2 is 2.18 bits per heavy atom. The predicted molar refractivity (Wildman–Crippen MR) is 40.5 cm³/mol. The normalized spacial score (nSPS) is 9.91. The van der Waals surface area contributed by atoms with Crippen LogP contribution in [0.5, 0.6) is 0 Å². The van der Waals surface area contributed by atoms with Crippen molar-refractivity contribution >= 4 is 13.3 Å². The molecule has 0 heterocycles. The van der Waals surface area contributed by atoms with Crippen LogP contribution >= 0.6 is 0 Å². The summed E-state index contributed by atoms with van der Waals surface area (Å²) >= 11 is 0. The van der Waals surface area contributed by atoms with E-state index < -0.39 is 13.3 Å². The van der Waals surface area contributed by atoms with Gasteiger partial charge in [0, 0.05) is 12.5 Å². The Balaban J connectivity index is 3.57. The maximum atomic E-state index is 10.8. The zero-order valence-corrected chi connectivity index (χ0v) is 7.03. The summed E-state index contributed by atoms with van der Waals surface area (Å²) in [7, 11) is -1.42. The van der Waals surface area contributed by atoms with E-state index in [9.17, 15) is 4.79 Å². The van der Waals surface area contributed by atoms with Gasteiger partial charge in [-0.15, -0.1) is 0 Å². The van der Waals surface area contributed by atoms with Crippen molar-refractivity contribution in [2.45, 2.75) is 20.8 Å². The van der Waals surface area contributed by atoms with Gasteiger partial charge in [0.15, 0.2) is 0 Å². The lowest BCUT2D eigenvalue weighted by Crippen LogP contribution is -2.28. The second-order valence-electron chi connectivity index (χ2n) is 2.35. The van der Waals surface area contributed by atoms with Gasteiger partial charge in [0.05, 0.1) is 0 Å². The minimum atomic E-state index is -1.42. The maximum Gasteiger partial charge on any atom is 0.712 e. The van der Waals surface area contributed by atoms with Crippen LogP contribution in [-0.4, -0.2) is 24.9 Å². The Labute approximate surface area is 66.7 Å². The van der Waals surface area contributed by atoms with Crippen molar-refractivity contribution in [2.75, 3.05) is 6.61 Å². The molecule has 0 aromatic heterocycles. The summed E-state index contributed by atoms with van der Waals surface area (Å²) in [5.74, 6) is -0.712. The van der Waals surface area contributed by atoms with E-state index >= 15 is 0 Å².